The second-order valence-corrected chi connectivity index (χ2v) is 3.39. The second kappa shape index (κ2) is 11.2. The molecular weight excluding hydrogens is 194 g/mol. The van der Waals surface area contributed by atoms with E-state index in [4.69, 9.17) is 22.3 Å². The Morgan fingerprint density at radius 3 is 2.07 bits per heavy atom. The van der Waals surface area contributed by atoms with Crippen molar-refractivity contribution in [1.82, 2.24) is 0 Å². The number of rotatable bonds is 6. The largest absolute Gasteiger partial charge is 0.478 e. The van der Waals surface area contributed by atoms with Crippen LogP contribution in [0.15, 0.2) is 12.2 Å². The van der Waals surface area contributed by atoms with E-state index in [0.717, 1.165) is 32.2 Å². The fraction of sp³-hybridized carbons (Fsp3) is 0.700. The van der Waals surface area contributed by atoms with Crippen LogP contribution in [0.4, 0.5) is 0 Å². The molecule has 0 aliphatic heterocycles. The zero-order valence-electron chi connectivity index (χ0n) is 9.41. The first-order valence-corrected chi connectivity index (χ1v) is 5.01. The van der Waals surface area contributed by atoms with E-state index in [9.17, 15) is 4.79 Å². The molecular formula is C10H23N3O2. The monoisotopic (exact) mass is 217 g/mol. The molecule has 0 aromatic carbocycles. The van der Waals surface area contributed by atoms with Gasteiger partial charge < -0.3 is 22.3 Å². The van der Waals surface area contributed by atoms with Crippen molar-refractivity contribution in [3.63, 3.8) is 0 Å². The van der Waals surface area contributed by atoms with Gasteiger partial charge in [-0.05, 0) is 26.3 Å². The van der Waals surface area contributed by atoms with Crippen LogP contribution in [0.2, 0.25) is 0 Å². The molecule has 90 valence electrons. The summed E-state index contributed by atoms with van der Waals surface area (Å²) in [7, 11) is 0. The molecule has 0 saturated carbocycles. The molecule has 5 heteroatoms. The van der Waals surface area contributed by atoms with Gasteiger partial charge in [-0.25, -0.2) is 4.79 Å². The normalized spacial score (nSPS) is 9.40. The first-order chi connectivity index (χ1) is 6.91. The first-order valence-electron chi connectivity index (χ1n) is 5.01. The SMILES string of the molecule is C=C(C)C(=O)O.NCCCCCC(N)N. The van der Waals surface area contributed by atoms with Crippen LogP contribution in [0.3, 0.4) is 0 Å². The van der Waals surface area contributed by atoms with Gasteiger partial charge in [-0.15, -0.1) is 0 Å². The van der Waals surface area contributed by atoms with E-state index >= 15 is 0 Å². The van der Waals surface area contributed by atoms with Gasteiger partial charge in [-0.3, -0.25) is 0 Å². The summed E-state index contributed by atoms with van der Waals surface area (Å²) in [4.78, 5) is 9.60. The van der Waals surface area contributed by atoms with Gasteiger partial charge in [0.15, 0.2) is 0 Å². The number of unbranched alkanes of at least 4 members (excludes halogenated alkanes) is 2. The molecule has 0 amide bonds. The first kappa shape index (κ1) is 16.5. The lowest BCUT2D eigenvalue weighted by atomic mass is 10.2. The number of carboxylic acid groups (broad SMARTS) is 1. The zero-order valence-corrected chi connectivity index (χ0v) is 9.41. The van der Waals surface area contributed by atoms with Gasteiger partial charge in [0.2, 0.25) is 0 Å². The smallest absolute Gasteiger partial charge is 0.330 e. The lowest BCUT2D eigenvalue weighted by Gasteiger charge is -2.02. The molecule has 0 aliphatic carbocycles. The molecule has 7 N–H and O–H groups in total. The van der Waals surface area contributed by atoms with Gasteiger partial charge in [0.25, 0.3) is 0 Å². The van der Waals surface area contributed by atoms with Crippen molar-refractivity contribution in [2.24, 2.45) is 17.2 Å². The third-order valence-electron chi connectivity index (χ3n) is 1.61. The molecule has 0 radical (unpaired) electrons. The highest BCUT2D eigenvalue weighted by molar-refractivity contribution is 5.84. The van der Waals surface area contributed by atoms with Crippen LogP contribution in [0, 0.1) is 0 Å². The third-order valence-corrected chi connectivity index (χ3v) is 1.61. The number of hydrogen-bond donors (Lipinski definition) is 4. The van der Waals surface area contributed by atoms with Gasteiger partial charge in [0.05, 0.1) is 6.17 Å². The number of aliphatic carboxylic acids is 1. The Labute approximate surface area is 91.3 Å². The lowest BCUT2D eigenvalue weighted by molar-refractivity contribution is -0.132. The van der Waals surface area contributed by atoms with Crippen LogP contribution in [0.25, 0.3) is 0 Å². The van der Waals surface area contributed by atoms with Crippen LogP contribution in [-0.4, -0.2) is 23.8 Å². The third kappa shape index (κ3) is 19.5. The molecule has 0 atom stereocenters. The minimum Gasteiger partial charge on any atom is -0.478 e. The number of nitrogens with two attached hydrogens (primary N) is 3. The van der Waals surface area contributed by atoms with Crippen molar-refractivity contribution in [1.29, 1.82) is 0 Å². The summed E-state index contributed by atoms with van der Waals surface area (Å²) in [5.41, 5.74) is 16.1. The molecule has 0 saturated heterocycles. The van der Waals surface area contributed by atoms with Gasteiger partial charge >= 0.3 is 5.97 Å². The van der Waals surface area contributed by atoms with Crippen molar-refractivity contribution in [3.8, 4) is 0 Å². The van der Waals surface area contributed by atoms with Crippen molar-refractivity contribution >= 4 is 5.97 Å². The quantitative estimate of drug-likeness (QED) is 0.292. The fourth-order valence-corrected chi connectivity index (χ4v) is 0.701. The number of carboxylic acids is 1. The highest BCUT2D eigenvalue weighted by atomic mass is 16.4. The summed E-state index contributed by atoms with van der Waals surface area (Å²) >= 11 is 0. The van der Waals surface area contributed by atoms with Crippen LogP contribution in [0.1, 0.15) is 32.6 Å². The van der Waals surface area contributed by atoms with Crippen LogP contribution >= 0.6 is 0 Å². The molecule has 5 nitrogen and oxygen atoms in total. The van der Waals surface area contributed by atoms with Gasteiger partial charge in [0.1, 0.15) is 0 Å². The summed E-state index contributed by atoms with van der Waals surface area (Å²) in [6, 6.07) is 0. The van der Waals surface area contributed by atoms with Crippen LogP contribution in [-0.2, 0) is 4.79 Å². The summed E-state index contributed by atoms with van der Waals surface area (Å²) in [5.74, 6) is -0.935. The van der Waals surface area contributed by atoms with Gasteiger partial charge in [-0.2, -0.15) is 0 Å². The van der Waals surface area contributed by atoms with Gasteiger partial charge in [-0.1, -0.05) is 19.4 Å². The maximum atomic E-state index is 9.60. The van der Waals surface area contributed by atoms with E-state index in [1.54, 1.807) is 0 Å². The molecule has 0 heterocycles. The maximum absolute atomic E-state index is 9.60. The average Bonchev–Trinajstić information content (AvgIpc) is 2.13. The molecule has 0 aliphatic rings. The predicted molar refractivity (Wildman–Crippen MR) is 62.1 cm³/mol. The van der Waals surface area contributed by atoms with Crippen molar-refractivity contribution in [3.05, 3.63) is 12.2 Å². The van der Waals surface area contributed by atoms with Crippen molar-refractivity contribution in [2.75, 3.05) is 6.54 Å². The standard InChI is InChI=1S/C6H17N3.C4H6O2/c7-5-3-1-2-4-6(8)9;1-3(2)4(5)6/h6H,1-5,7-9H2;1H2,2H3,(H,5,6). The molecule has 0 fully saturated rings. The molecule has 0 spiro atoms. The zero-order chi connectivity index (χ0) is 12.3. The second-order valence-electron chi connectivity index (χ2n) is 3.39. The van der Waals surface area contributed by atoms with E-state index in [0.29, 0.717) is 0 Å². The average molecular weight is 217 g/mol. The highest BCUT2D eigenvalue weighted by Gasteiger charge is 1.92. The van der Waals surface area contributed by atoms with Crippen molar-refractivity contribution < 1.29 is 9.90 Å². The molecule has 0 aromatic rings. The lowest BCUT2D eigenvalue weighted by Crippen LogP contribution is -2.29. The van der Waals surface area contributed by atoms with E-state index in [1.807, 2.05) is 0 Å². The van der Waals surface area contributed by atoms with E-state index < -0.39 is 5.97 Å². The van der Waals surface area contributed by atoms with Crippen LogP contribution in [0.5, 0.6) is 0 Å². The van der Waals surface area contributed by atoms with E-state index in [-0.39, 0.29) is 11.7 Å². The Morgan fingerprint density at radius 1 is 1.33 bits per heavy atom. The minimum absolute atomic E-state index is 0.136. The molecule has 15 heavy (non-hydrogen) atoms. The summed E-state index contributed by atoms with van der Waals surface area (Å²) in [6.45, 7) is 5.38. The summed E-state index contributed by atoms with van der Waals surface area (Å²) in [5, 5.41) is 7.89. The van der Waals surface area contributed by atoms with Crippen molar-refractivity contribution in [2.45, 2.75) is 38.8 Å². The molecule has 0 rings (SSSR count). The summed E-state index contributed by atoms with van der Waals surface area (Å²) < 4.78 is 0. The van der Waals surface area contributed by atoms with Gasteiger partial charge in [0, 0.05) is 5.57 Å². The highest BCUT2D eigenvalue weighted by Crippen LogP contribution is 1.97. The Kier molecular flexibility index (Phi) is 12.3. The molecule has 0 unspecified atom stereocenters. The summed E-state index contributed by atoms with van der Waals surface area (Å²) in [6.07, 6.45) is 4.13. The Balaban J connectivity index is 0. The predicted octanol–water partition coefficient (Wildman–Crippen LogP) is 0.396. The maximum Gasteiger partial charge on any atom is 0.330 e. The number of carbonyl (C=O) groups is 1. The Bertz CT molecular complexity index is 170. The fourth-order valence-electron chi connectivity index (χ4n) is 0.701. The van der Waals surface area contributed by atoms with Crippen LogP contribution < -0.4 is 17.2 Å². The van der Waals surface area contributed by atoms with E-state index in [1.165, 1.54) is 6.92 Å². The topological polar surface area (TPSA) is 115 Å². The van der Waals surface area contributed by atoms with E-state index in [2.05, 4.69) is 6.58 Å². The molecule has 0 bridgehead atoms. The Hall–Kier alpha value is -0.910. The Morgan fingerprint density at radius 2 is 1.80 bits per heavy atom. The minimum atomic E-state index is -0.935. The number of hydrogen-bond acceptors (Lipinski definition) is 4. The molecule has 0 aromatic heterocycles.